The van der Waals surface area contributed by atoms with E-state index in [1.54, 1.807) is 6.07 Å². The summed E-state index contributed by atoms with van der Waals surface area (Å²) >= 11 is 7.37. The van der Waals surface area contributed by atoms with E-state index in [0.29, 0.717) is 10.3 Å². The number of anilines is 1. The van der Waals surface area contributed by atoms with Crippen LogP contribution in [0, 0.1) is 0 Å². The molecule has 0 atom stereocenters. The molecule has 0 unspecified atom stereocenters. The highest BCUT2D eigenvalue weighted by atomic mass is 35.5. The third-order valence-electron chi connectivity index (χ3n) is 2.14. The van der Waals surface area contributed by atoms with Crippen LogP contribution in [0.1, 0.15) is 0 Å². The van der Waals surface area contributed by atoms with Gasteiger partial charge in [0.25, 0.3) is 0 Å². The first-order valence-corrected chi connectivity index (χ1v) is 6.56. The first-order chi connectivity index (χ1) is 7.78. The van der Waals surface area contributed by atoms with E-state index >= 15 is 0 Å². The van der Waals surface area contributed by atoms with Gasteiger partial charge in [0.2, 0.25) is 0 Å². The number of ether oxygens (including phenoxy) is 1. The van der Waals surface area contributed by atoms with Crippen molar-refractivity contribution in [3.63, 3.8) is 0 Å². The van der Waals surface area contributed by atoms with Gasteiger partial charge in [-0.3, -0.25) is 0 Å². The van der Waals surface area contributed by atoms with Crippen LogP contribution in [0.4, 0.5) is 5.82 Å². The Kier molecular flexibility index (Phi) is 4.22. The van der Waals surface area contributed by atoms with Gasteiger partial charge < -0.3 is 10.2 Å². The second-order valence-corrected chi connectivity index (χ2v) is 4.43. The predicted octanol–water partition coefficient (Wildman–Crippen LogP) is 1.51. The Labute approximate surface area is 104 Å². The average Bonchev–Trinajstić information content (AvgIpc) is 2.29. The Balaban J connectivity index is 2.04. The molecule has 1 aromatic rings. The Morgan fingerprint density at radius 2 is 2.19 bits per heavy atom. The smallest absolute Gasteiger partial charge is 0.190 e. The van der Waals surface area contributed by atoms with Gasteiger partial charge in [-0.2, -0.15) is 0 Å². The van der Waals surface area contributed by atoms with Crippen molar-refractivity contribution >= 4 is 29.2 Å². The number of nitrogens with zero attached hydrogens (tertiary/aromatic N) is 3. The zero-order valence-corrected chi connectivity index (χ0v) is 10.5. The summed E-state index contributed by atoms with van der Waals surface area (Å²) in [5.41, 5.74) is 3.20. The largest absolute Gasteiger partial charge is 0.379 e. The Bertz CT molecular complexity index is 359. The lowest BCUT2D eigenvalue weighted by Crippen LogP contribution is -2.40. The van der Waals surface area contributed by atoms with E-state index in [1.807, 2.05) is 6.26 Å². The van der Waals surface area contributed by atoms with Gasteiger partial charge in [-0.25, -0.2) is 15.0 Å². The molecule has 0 spiro atoms. The van der Waals surface area contributed by atoms with Crippen molar-refractivity contribution in [2.75, 3.05) is 38.0 Å². The average molecular weight is 261 g/mol. The fourth-order valence-corrected chi connectivity index (χ4v) is 2.00. The van der Waals surface area contributed by atoms with Gasteiger partial charge >= 0.3 is 0 Å². The van der Waals surface area contributed by atoms with Crippen LogP contribution in [0.2, 0.25) is 5.15 Å². The maximum atomic E-state index is 5.90. The summed E-state index contributed by atoms with van der Waals surface area (Å²) in [6.07, 6.45) is 1.92. The first-order valence-electron chi connectivity index (χ1n) is 4.96. The summed E-state index contributed by atoms with van der Waals surface area (Å²) < 4.78 is 5.26. The summed E-state index contributed by atoms with van der Waals surface area (Å²) in [6, 6.07) is 1.72. The highest BCUT2D eigenvalue weighted by Gasteiger charge is 2.11. The quantitative estimate of drug-likeness (QED) is 0.505. The lowest BCUT2D eigenvalue weighted by Gasteiger charge is -2.27. The third-order valence-corrected chi connectivity index (χ3v) is 2.88. The van der Waals surface area contributed by atoms with E-state index in [2.05, 4.69) is 20.4 Å². The standard InChI is InChI=1S/C9H13ClN4OS/c1-16-9-11-7(10)6-8(12-9)13-14-2-4-15-5-3-14/h6H,2-5H2,1H3,(H,11,12,13). The van der Waals surface area contributed by atoms with Crippen LogP contribution in [0.15, 0.2) is 11.2 Å². The molecule has 0 aliphatic carbocycles. The molecular formula is C9H13ClN4OS. The van der Waals surface area contributed by atoms with E-state index in [4.69, 9.17) is 16.3 Å². The number of morpholine rings is 1. The van der Waals surface area contributed by atoms with Crippen LogP contribution < -0.4 is 5.43 Å². The number of hydrogen-bond donors (Lipinski definition) is 1. The van der Waals surface area contributed by atoms with E-state index in [9.17, 15) is 0 Å². The SMILES string of the molecule is CSc1nc(Cl)cc(NN2CCOCC2)n1. The Morgan fingerprint density at radius 1 is 1.44 bits per heavy atom. The zero-order chi connectivity index (χ0) is 11.4. The summed E-state index contributed by atoms with van der Waals surface area (Å²) in [7, 11) is 0. The molecule has 1 aliphatic heterocycles. The van der Waals surface area contributed by atoms with Crippen molar-refractivity contribution in [1.29, 1.82) is 0 Å². The summed E-state index contributed by atoms with van der Waals surface area (Å²) in [6.45, 7) is 3.16. The summed E-state index contributed by atoms with van der Waals surface area (Å²) in [5, 5.41) is 3.19. The number of halogens is 1. The van der Waals surface area contributed by atoms with Crippen molar-refractivity contribution in [3.05, 3.63) is 11.2 Å². The Morgan fingerprint density at radius 3 is 2.88 bits per heavy atom. The van der Waals surface area contributed by atoms with Crippen molar-refractivity contribution in [2.45, 2.75) is 5.16 Å². The number of nitrogens with one attached hydrogen (secondary N) is 1. The van der Waals surface area contributed by atoms with E-state index in [1.165, 1.54) is 11.8 Å². The fraction of sp³-hybridized carbons (Fsp3) is 0.556. The molecule has 1 aliphatic rings. The van der Waals surface area contributed by atoms with Gasteiger partial charge in [0, 0.05) is 19.2 Å². The van der Waals surface area contributed by atoms with Crippen LogP contribution in [0.5, 0.6) is 0 Å². The van der Waals surface area contributed by atoms with Crippen LogP contribution in [-0.4, -0.2) is 47.5 Å². The minimum atomic E-state index is 0.454. The fourth-order valence-electron chi connectivity index (χ4n) is 1.38. The van der Waals surface area contributed by atoms with Crippen molar-refractivity contribution in [3.8, 4) is 0 Å². The number of aromatic nitrogens is 2. The minimum Gasteiger partial charge on any atom is -0.379 e. The molecule has 16 heavy (non-hydrogen) atoms. The summed E-state index contributed by atoms with van der Waals surface area (Å²) in [4.78, 5) is 8.40. The molecule has 0 amide bonds. The van der Waals surface area contributed by atoms with Crippen molar-refractivity contribution < 1.29 is 4.74 Å². The van der Waals surface area contributed by atoms with Crippen LogP contribution in [0.25, 0.3) is 0 Å². The lowest BCUT2D eigenvalue weighted by atomic mass is 10.5. The summed E-state index contributed by atoms with van der Waals surface area (Å²) in [5.74, 6) is 0.728. The maximum Gasteiger partial charge on any atom is 0.190 e. The maximum absolute atomic E-state index is 5.90. The van der Waals surface area contributed by atoms with E-state index in [0.717, 1.165) is 32.1 Å². The van der Waals surface area contributed by atoms with E-state index < -0.39 is 0 Å². The Hall–Kier alpha value is -0.560. The van der Waals surface area contributed by atoms with Crippen LogP contribution in [0.3, 0.4) is 0 Å². The molecule has 0 aromatic carbocycles. The molecule has 5 nitrogen and oxygen atoms in total. The normalized spacial score (nSPS) is 17.4. The van der Waals surface area contributed by atoms with Gasteiger partial charge in [0.15, 0.2) is 5.16 Å². The number of hydrogen-bond acceptors (Lipinski definition) is 6. The van der Waals surface area contributed by atoms with Gasteiger partial charge in [-0.05, 0) is 6.26 Å². The topological polar surface area (TPSA) is 50.3 Å². The number of hydrazine groups is 1. The molecule has 1 saturated heterocycles. The van der Waals surface area contributed by atoms with Gasteiger partial charge in [0.1, 0.15) is 11.0 Å². The molecule has 1 aromatic heterocycles. The monoisotopic (exact) mass is 260 g/mol. The van der Waals surface area contributed by atoms with E-state index in [-0.39, 0.29) is 0 Å². The van der Waals surface area contributed by atoms with Gasteiger partial charge in [0.05, 0.1) is 13.2 Å². The lowest BCUT2D eigenvalue weighted by molar-refractivity contribution is 0.0494. The molecular weight excluding hydrogens is 248 g/mol. The van der Waals surface area contributed by atoms with Crippen molar-refractivity contribution in [2.24, 2.45) is 0 Å². The van der Waals surface area contributed by atoms with Crippen molar-refractivity contribution in [1.82, 2.24) is 15.0 Å². The molecule has 2 rings (SSSR count). The zero-order valence-electron chi connectivity index (χ0n) is 8.94. The highest BCUT2D eigenvalue weighted by molar-refractivity contribution is 7.98. The number of thioether (sulfide) groups is 1. The molecule has 88 valence electrons. The molecule has 0 saturated carbocycles. The highest BCUT2D eigenvalue weighted by Crippen LogP contribution is 2.17. The predicted molar refractivity (Wildman–Crippen MR) is 64.8 cm³/mol. The molecule has 1 N–H and O–H groups in total. The van der Waals surface area contributed by atoms with Crippen LogP contribution in [-0.2, 0) is 4.74 Å². The second kappa shape index (κ2) is 5.67. The third kappa shape index (κ3) is 3.21. The van der Waals surface area contributed by atoms with Crippen LogP contribution >= 0.6 is 23.4 Å². The molecule has 1 fully saturated rings. The van der Waals surface area contributed by atoms with Gasteiger partial charge in [-0.15, -0.1) is 0 Å². The van der Waals surface area contributed by atoms with Gasteiger partial charge in [-0.1, -0.05) is 23.4 Å². The first kappa shape index (κ1) is 11.9. The molecule has 0 radical (unpaired) electrons. The molecule has 2 heterocycles. The molecule has 7 heteroatoms. The number of rotatable bonds is 3. The second-order valence-electron chi connectivity index (χ2n) is 3.27. The minimum absolute atomic E-state index is 0.454. The molecule has 0 bridgehead atoms.